The number of hydrogen-bond acceptors (Lipinski definition) is 6. The van der Waals surface area contributed by atoms with Gasteiger partial charge in [0.05, 0.1) is 36.0 Å². The second-order valence-corrected chi connectivity index (χ2v) is 9.06. The maximum atomic E-state index is 13.9. The van der Waals surface area contributed by atoms with Crippen LogP contribution in [0, 0.1) is 5.82 Å². The van der Waals surface area contributed by atoms with Gasteiger partial charge in [-0.15, -0.1) is 0 Å². The number of halogens is 2. The van der Waals surface area contributed by atoms with Crippen LogP contribution in [0.5, 0.6) is 11.5 Å². The van der Waals surface area contributed by atoms with Crippen molar-refractivity contribution >= 4 is 39.4 Å². The molecule has 11 heteroatoms. The van der Waals surface area contributed by atoms with E-state index < -0.39 is 28.3 Å². The number of rotatable bonds is 9. The monoisotopic (exact) mass is 505 g/mol. The van der Waals surface area contributed by atoms with E-state index in [1.165, 1.54) is 62.8 Å². The molecule has 0 heterocycles. The molecule has 0 fully saturated rings. The highest BCUT2D eigenvalue weighted by molar-refractivity contribution is 7.92. The Labute approximate surface area is 201 Å². The Morgan fingerprint density at radius 2 is 1.76 bits per heavy atom. The number of hydrazone groups is 1. The zero-order valence-electron chi connectivity index (χ0n) is 18.2. The summed E-state index contributed by atoms with van der Waals surface area (Å²) in [4.78, 5) is 12.6. The van der Waals surface area contributed by atoms with Crippen molar-refractivity contribution in [1.29, 1.82) is 0 Å². The molecule has 0 saturated heterocycles. The number of ether oxygens (including phenoxy) is 2. The lowest BCUT2D eigenvalue weighted by atomic mass is 10.2. The quantitative estimate of drug-likeness (QED) is 0.352. The first kappa shape index (κ1) is 25.0. The third kappa shape index (κ3) is 5.64. The van der Waals surface area contributed by atoms with Gasteiger partial charge in [-0.1, -0.05) is 29.8 Å². The molecule has 0 aromatic heterocycles. The predicted molar refractivity (Wildman–Crippen MR) is 128 cm³/mol. The molecule has 0 aliphatic rings. The number of benzene rings is 3. The van der Waals surface area contributed by atoms with Gasteiger partial charge < -0.3 is 9.47 Å². The number of carbonyl (C=O) groups is 1. The third-order valence-electron chi connectivity index (χ3n) is 4.67. The lowest BCUT2D eigenvalue weighted by Gasteiger charge is -2.25. The number of carbonyl (C=O) groups excluding carboxylic acids is 1. The van der Waals surface area contributed by atoms with Crippen molar-refractivity contribution in [1.82, 2.24) is 5.43 Å². The molecule has 0 aliphatic carbocycles. The van der Waals surface area contributed by atoms with Crippen LogP contribution in [0.3, 0.4) is 0 Å². The Kier molecular flexibility index (Phi) is 8.08. The minimum Gasteiger partial charge on any atom is -0.497 e. The average Bonchev–Trinajstić information content (AvgIpc) is 2.84. The van der Waals surface area contributed by atoms with Crippen molar-refractivity contribution in [3.63, 3.8) is 0 Å². The third-order valence-corrected chi connectivity index (χ3v) is 6.77. The van der Waals surface area contributed by atoms with Crippen molar-refractivity contribution in [3.8, 4) is 11.5 Å². The molecule has 0 atom stereocenters. The van der Waals surface area contributed by atoms with Crippen molar-refractivity contribution < 1.29 is 27.1 Å². The lowest BCUT2D eigenvalue weighted by Crippen LogP contribution is -2.39. The number of nitrogens with one attached hydrogen (secondary N) is 1. The normalized spacial score (nSPS) is 11.3. The SMILES string of the molecule is COc1ccc(S(=O)(=O)N(CC(=O)N/N=C\c2c(F)cccc2Cl)c2ccccc2OC)cc1. The van der Waals surface area contributed by atoms with E-state index in [4.69, 9.17) is 21.1 Å². The van der Waals surface area contributed by atoms with E-state index in [1.54, 1.807) is 18.2 Å². The van der Waals surface area contributed by atoms with Gasteiger partial charge in [0.2, 0.25) is 0 Å². The van der Waals surface area contributed by atoms with Crippen LogP contribution in [0.1, 0.15) is 5.56 Å². The first-order chi connectivity index (χ1) is 16.3. The molecule has 3 aromatic carbocycles. The predicted octanol–water partition coefficient (Wildman–Crippen LogP) is 3.84. The molecule has 34 heavy (non-hydrogen) atoms. The molecule has 0 spiro atoms. The van der Waals surface area contributed by atoms with Crippen molar-refractivity contribution in [3.05, 3.63) is 83.1 Å². The van der Waals surface area contributed by atoms with Crippen LogP contribution < -0.4 is 19.2 Å². The Morgan fingerprint density at radius 3 is 2.41 bits per heavy atom. The second kappa shape index (κ2) is 11.0. The highest BCUT2D eigenvalue weighted by Gasteiger charge is 2.29. The summed E-state index contributed by atoms with van der Waals surface area (Å²) in [6.07, 6.45) is 1.04. The Balaban J connectivity index is 1.91. The summed E-state index contributed by atoms with van der Waals surface area (Å²) in [5, 5.41) is 3.82. The lowest BCUT2D eigenvalue weighted by molar-refractivity contribution is -0.119. The summed E-state index contributed by atoms with van der Waals surface area (Å²) >= 11 is 5.94. The molecule has 0 unspecified atom stereocenters. The molecule has 0 bridgehead atoms. The van der Waals surface area contributed by atoms with E-state index in [2.05, 4.69) is 10.5 Å². The standard InChI is InChI=1S/C23H21ClFN3O5S/c1-32-16-10-12-17(13-11-16)34(30,31)28(21-8-3-4-9-22(21)33-2)15-23(29)27-26-14-18-19(24)6-5-7-20(18)25/h3-14H,15H2,1-2H3,(H,27,29)/b26-14-. The Bertz CT molecular complexity index is 1280. The summed E-state index contributed by atoms with van der Waals surface area (Å²) in [5.74, 6) is -0.675. The molecule has 1 amide bonds. The summed E-state index contributed by atoms with van der Waals surface area (Å²) in [7, 11) is -1.34. The van der Waals surface area contributed by atoms with E-state index in [-0.39, 0.29) is 26.9 Å². The number of anilines is 1. The van der Waals surface area contributed by atoms with Gasteiger partial charge in [-0.25, -0.2) is 18.2 Å². The fourth-order valence-electron chi connectivity index (χ4n) is 2.98. The molecular formula is C23H21ClFN3O5S. The molecule has 8 nitrogen and oxygen atoms in total. The van der Waals surface area contributed by atoms with Crippen LogP contribution in [0.15, 0.2) is 76.7 Å². The Morgan fingerprint density at radius 1 is 1.06 bits per heavy atom. The van der Waals surface area contributed by atoms with Crippen molar-refractivity contribution in [2.45, 2.75) is 4.90 Å². The van der Waals surface area contributed by atoms with Gasteiger partial charge in [0.15, 0.2) is 0 Å². The number of sulfonamides is 1. The van der Waals surface area contributed by atoms with Crippen LogP contribution in [-0.2, 0) is 14.8 Å². The summed E-state index contributed by atoms with van der Waals surface area (Å²) < 4.78 is 52.1. The number of nitrogens with zero attached hydrogens (tertiary/aromatic N) is 2. The number of amides is 1. The minimum atomic E-state index is -4.19. The van der Waals surface area contributed by atoms with Crippen LogP contribution in [-0.4, -0.2) is 41.3 Å². The first-order valence-corrected chi connectivity index (χ1v) is 11.7. The largest absolute Gasteiger partial charge is 0.497 e. The van der Waals surface area contributed by atoms with Crippen molar-refractivity contribution in [2.24, 2.45) is 5.10 Å². The van der Waals surface area contributed by atoms with Crippen LogP contribution in [0.4, 0.5) is 10.1 Å². The van der Waals surface area contributed by atoms with E-state index in [9.17, 15) is 17.6 Å². The fraction of sp³-hybridized carbons (Fsp3) is 0.130. The molecule has 178 valence electrons. The van der Waals surface area contributed by atoms with Gasteiger partial charge in [-0.2, -0.15) is 5.10 Å². The first-order valence-electron chi connectivity index (χ1n) is 9.83. The van der Waals surface area contributed by atoms with Gasteiger partial charge >= 0.3 is 0 Å². The molecule has 3 rings (SSSR count). The number of methoxy groups -OCH3 is 2. The molecule has 0 radical (unpaired) electrons. The van der Waals surface area contributed by atoms with E-state index in [0.29, 0.717) is 5.75 Å². The van der Waals surface area contributed by atoms with Gasteiger partial charge in [0.25, 0.3) is 15.9 Å². The molecule has 1 N–H and O–H groups in total. The molecule has 0 aliphatic heterocycles. The van der Waals surface area contributed by atoms with Crippen LogP contribution in [0.25, 0.3) is 0 Å². The molecular weight excluding hydrogens is 485 g/mol. The summed E-state index contributed by atoms with van der Waals surface area (Å²) in [6, 6.07) is 16.2. The highest BCUT2D eigenvalue weighted by atomic mass is 35.5. The summed E-state index contributed by atoms with van der Waals surface area (Å²) in [5.41, 5.74) is 2.34. The molecule has 3 aromatic rings. The summed E-state index contributed by atoms with van der Waals surface area (Å²) in [6.45, 7) is -0.628. The molecule has 0 saturated carbocycles. The minimum absolute atomic E-state index is 0.0168. The highest BCUT2D eigenvalue weighted by Crippen LogP contribution is 2.32. The van der Waals surface area contributed by atoms with E-state index in [1.807, 2.05) is 0 Å². The van der Waals surface area contributed by atoms with E-state index >= 15 is 0 Å². The number of hydrogen-bond donors (Lipinski definition) is 1. The van der Waals surface area contributed by atoms with Gasteiger partial charge in [-0.05, 0) is 48.5 Å². The van der Waals surface area contributed by atoms with E-state index in [0.717, 1.165) is 10.5 Å². The second-order valence-electron chi connectivity index (χ2n) is 6.79. The van der Waals surface area contributed by atoms with Gasteiger partial charge in [-0.3, -0.25) is 9.10 Å². The smallest absolute Gasteiger partial charge is 0.264 e. The van der Waals surface area contributed by atoms with Crippen molar-refractivity contribution in [2.75, 3.05) is 25.1 Å². The van der Waals surface area contributed by atoms with Gasteiger partial charge in [0, 0.05) is 5.56 Å². The average molecular weight is 506 g/mol. The van der Waals surface area contributed by atoms with Gasteiger partial charge in [0.1, 0.15) is 23.9 Å². The maximum Gasteiger partial charge on any atom is 0.264 e. The topological polar surface area (TPSA) is 97.3 Å². The zero-order chi connectivity index (χ0) is 24.7. The Hall–Kier alpha value is -3.63. The zero-order valence-corrected chi connectivity index (χ0v) is 19.8. The van der Waals surface area contributed by atoms with Crippen LogP contribution in [0.2, 0.25) is 5.02 Å². The van der Waals surface area contributed by atoms with Crippen LogP contribution >= 0.6 is 11.6 Å². The maximum absolute atomic E-state index is 13.9. The fourth-order valence-corrected chi connectivity index (χ4v) is 4.62. The number of para-hydroxylation sites is 2.